The number of amides is 2. The van der Waals surface area contributed by atoms with E-state index in [1.54, 1.807) is 6.07 Å². The van der Waals surface area contributed by atoms with E-state index in [-0.39, 0.29) is 10.7 Å². The number of benzene rings is 1. The van der Waals surface area contributed by atoms with Crippen LogP contribution < -0.4 is 10.5 Å². The van der Waals surface area contributed by atoms with E-state index in [0.717, 1.165) is 0 Å². The van der Waals surface area contributed by atoms with Crippen LogP contribution in [0.5, 0.6) is 0 Å². The van der Waals surface area contributed by atoms with Gasteiger partial charge < -0.3 is 19.4 Å². The van der Waals surface area contributed by atoms with E-state index in [2.05, 4.69) is 5.32 Å². The summed E-state index contributed by atoms with van der Waals surface area (Å²) in [5.74, 6) is -1.56. The number of anilines is 1. The first-order valence-electron chi connectivity index (χ1n) is 8.69. The maximum absolute atomic E-state index is 12.4. The lowest BCUT2D eigenvalue weighted by Gasteiger charge is -2.22. The molecule has 1 fully saturated rings. The van der Waals surface area contributed by atoms with Gasteiger partial charge in [0.1, 0.15) is 6.04 Å². The molecule has 10 nitrogen and oxygen atoms in total. The number of carbonyl (C=O) groups excluding carboxylic acids is 3. The number of hydrogen-bond acceptors (Lipinski definition) is 7. The van der Waals surface area contributed by atoms with Crippen LogP contribution in [0.25, 0.3) is 0 Å². The molecule has 1 aromatic heterocycles. The molecule has 0 bridgehead atoms. The number of ether oxygens (including phenoxy) is 1. The van der Waals surface area contributed by atoms with Crippen LogP contribution in [0.2, 0.25) is 0 Å². The van der Waals surface area contributed by atoms with Crippen LogP contribution >= 0.6 is 0 Å². The predicted octanol–water partition coefficient (Wildman–Crippen LogP) is 0.714. The lowest BCUT2D eigenvalue weighted by molar-refractivity contribution is -0.151. The van der Waals surface area contributed by atoms with E-state index in [4.69, 9.17) is 14.3 Å². The number of nitrogens with two attached hydrogens (primary N) is 1. The van der Waals surface area contributed by atoms with Crippen LogP contribution in [0.1, 0.15) is 23.4 Å². The molecule has 0 unspecified atom stereocenters. The molecule has 29 heavy (non-hydrogen) atoms. The van der Waals surface area contributed by atoms with Crippen molar-refractivity contribution >= 4 is 33.5 Å². The maximum atomic E-state index is 12.4. The zero-order chi connectivity index (χ0) is 21.0. The van der Waals surface area contributed by atoms with Crippen molar-refractivity contribution in [3.8, 4) is 0 Å². The minimum absolute atomic E-state index is 0.0931. The Morgan fingerprint density at radius 1 is 1.21 bits per heavy atom. The van der Waals surface area contributed by atoms with E-state index < -0.39 is 40.5 Å². The van der Waals surface area contributed by atoms with Gasteiger partial charge >= 0.3 is 5.97 Å². The Hall–Kier alpha value is -3.18. The van der Waals surface area contributed by atoms with Crippen molar-refractivity contribution in [1.82, 2.24) is 4.90 Å². The molecule has 1 saturated heterocycles. The van der Waals surface area contributed by atoms with Gasteiger partial charge in [-0.3, -0.25) is 9.59 Å². The van der Waals surface area contributed by atoms with E-state index in [1.165, 1.54) is 41.5 Å². The third-order valence-corrected chi connectivity index (χ3v) is 5.26. The molecule has 0 radical (unpaired) electrons. The average Bonchev–Trinajstić information content (AvgIpc) is 3.37. The smallest absolute Gasteiger partial charge is 0.329 e. The van der Waals surface area contributed by atoms with Gasteiger partial charge in [0.15, 0.2) is 12.4 Å². The SMILES string of the molecule is NS(=O)(=O)c1ccc(NC(=O)COC(=O)[C@@H]2CCCN2C(=O)c2ccco2)cc1. The summed E-state index contributed by atoms with van der Waals surface area (Å²) < 4.78 is 32.6. The van der Waals surface area contributed by atoms with Crippen molar-refractivity contribution in [2.45, 2.75) is 23.8 Å². The van der Waals surface area contributed by atoms with Crippen LogP contribution in [0.3, 0.4) is 0 Å². The second-order valence-electron chi connectivity index (χ2n) is 6.36. The number of likely N-dealkylation sites (tertiary alicyclic amines) is 1. The molecule has 2 amide bonds. The van der Waals surface area contributed by atoms with Gasteiger partial charge in [0.2, 0.25) is 10.0 Å². The monoisotopic (exact) mass is 421 g/mol. The molecular weight excluding hydrogens is 402 g/mol. The molecule has 11 heteroatoms. The van der Waals surface area contributed by atoms with Gasteiger partial charge in [-0.25, -0.2) is 18.4 Å². The van der Waals surface area contributed by atoms with Gasteiger partial charge in [-0.05, 0) is 49.2 Å². The second-order valence-corrected chi connectivity index (χ2v) is 7.92. The summed E-state index contributed by atoms with van der Waals surface area (Å²) in [6.07, 6.45) is 2.44. The summed E-state index contributed by atoms with van der Waals surface area (Å²) in [6.45, 7) is -0.156. The van der Waals surface area contributed by atoms with Crippen LogP contribution in [-0.4, -0.2) is 50.3 Å². The Labute approximate surface area is 166 Å². The lowest BCUT2D eigenvalue weighted by atomic mass is 10.2. The summed E-state index contributed by atoms with van der Waals surface area (Å²) >= 11 is 0. The fourth-order valence-corrected chi connectivity index (χ4v) is 3.47. The Morgan fingerprint density at radius 2 is 1.93 bits per heavy atom. The zero-order valence-electron chi connectivity index (χ0n) is 15.2. The first-order valence-corrected chi connectivity index (χ1v) is 10.2. The standard InChI is InChI=1S/C18H19N3O7S/c19-29(25,26)13-7-5-12(6-8-13)20-16(22)11-28-18(24)14-3-1-9-21(14)17(23)15-4-2-10-27-15/h2,4-8,10,14H,1,3,9,11H2,(H,20,22)(H2,19,25,26)/t14-/m0/s1. The van der Waals surface area contributed by atoms with Gasteiger partial charge in [0, 0.05) is 12.2 Å². The summed E-state index contributed by atoms with van der Waals surface area (Å²) in [5.41, 5.74) is 0.314. The van der Waals surface area contributed by atoms with Gasteiger partial charge in [-0.1, -0.05) is 0 Å². The van der Waals surface area contributed by atoms with Crippen LogP contribution in [-0.2, 0) is 24.3 Å². The third-order valence-electron chi connectivity index (χ3n) is 4.33. The molecule has 0 spiro atoms. The number of primary sulfonamides is 1. The molecule has 1 atom stereocenters. The largest absolute Gasteiger partial charge is 0.459 e. The maximum Gasteiger partial charge on any atom is 0.329 e. The fourth-order valence-electron chi connectivity index (χ4n) is 2.95. The molecule has 1 aromatic carbocycles. The average molecular weight is 421 g/mol. The van der Waals surface area contributed by atoms with Crippen LogP contribution in [0.4, 0.5) is 5.69 Å². The molecule has 3 N–H and O–H groups in total. The third kappa shape index (κ3) is 5.00. The lowest BCUT2D eigenvalue weighted by Crippen LogP contribution is -2.42. The summed E-state index contributed by atoms with van der Waals surface area (Å²) in [7, 11) is -3.83. The van der Waals surface area contributed by atoms with Crippen molar-refractivity contribution in [1.29, 1.82) is 0 Å². The number of furan rings is 1. The highest BCUT2D eigenvalue weighted by atomic mass is 32.2. The van der Waals surface area contributed by atoms with E-state index in [9.17, 15) is 22.8 Å². The Kier molecular flexibility index (Phi) is 5.99. The minimum atomic E-state index is -3.83. The molecule has 0 aliphatic carbocycles. The molecule has 154 valence electrons. The Balaban J connectivity index is 1.53. The van der Waals surface area contributed by atoms with Crippen molar-refractivity contribution in [3.63, 3.8) is 0 Å². The Bertz CT molecular complexity index is 1000. The van der Waals surface area contributed by atoms with Crippen molar-refractivity contribution in [2.24, 2.45) is 5.14 Å². The Morgan fingerprint density at radius 3 is 2.55 bits per heavy atom. The topological polar surface area (TPSA) is 149 Å². The van der Waals surface area contributed by atoms with Crippen LogP contribution in [0.15, 0.2) is 52.0 Å². The highest BCUT2D eigenvalue weighted by Gasteiger charge is 2.36. The van der Waals surface area contributed by atoms with Gasteiger partial charge in [0.05, 0.1) is 11.2 Å². The van der Waals surface area contributed by atoms with Gasteiger partial charge in [-0.2, -0.15) is 0 Å². The normalized spacial score (nSPS) is 16.4. The van der Waals surface area contributed by atoms with Crippen molar-refractivity contribution in [3.05, 3.63) is 48.4 Å². The fraction of sp³-hybridized carbons (Fsp3) is 0.278. The van der Waals surface area contributed by atoms with Gasteiger partial charge in [-0.15, -0.1) is 0 Å². The van der Waals surface area contributed by atoms with Gasteiger partial charge in [0.25, 0.3) is 11.8 Å². The number of rotatable bonds is 6. The summed E-state index contributed by atoms with van der Waals surface area (Å²) in [5, 5.41) is 7.48. The molecule has 1 aliphatic rings. The highest BCUT2D eigenvalue weighted by molar-refractivity contribution is 7.89. The zero-order valence-corrected chi connectivity index (χ0v) is 16.1. The number of carbonyl (C=O) groups is 3. The first-order chi connectivity index (χ1) is 13.8. The first kappa shape index (κ1) is 20.6. The molecular formula is C18H19N3O7S. The molecule has 3 rings (SSSR count). The van der Waals surface area contributed by atoms with E-state index in [1.807, 2.05) is 0 Å². The second kappa shape index (κ2) is 8.45. The minimum Gasteiger partial charge on any atom is -0.459 e. The van der Waals surface area contributed by atoms with E-state index >= 15 is 0 Å². The number of nitrogens with one attached hydrogen (secondary N) is 1. The highest BCUT2D eigenvalue weighted by Crippen LogP contribution is 2.21. The predicted molar refractivity (Wildman–Crippen MR) is 100 cm³/mol. The number of sulfonamides is 1. The quantitative estimate of drug-likeness (QED) is 0.652. The van der Waals surface area contributed by atoms with Crippen molar-refractivity contribution < 1.29 is 32.0 Å². The summed E-state index contributed by atoms with van der Waals surface area (Å²) in [4.78, 5) is 38.0. The van der Waals surface area contributed by atoms with Crippen LogP contribution in [0, 0.1) is 0 Å². The molecule has 1 aliphatic heterocycles. The summed E-state index contributed by atoms with van der Waals surface area (Å²) in [6, 6.07) is 7.52. The molecule has 2 heterocycles. The number of hydrogen-bond donors (Lipinski definition) is 2. The molecule has 0 saturated carbocycles. The number of esters is 1. The molecule has 2 aromatic rings. The van der Waals surface area contributed by atoms with E-state index in [0.29, 0.717) is 25.1 Å². The van der Waals surface area contributed by atoms with Crippen molar-refractivity contribution in [2.75, 3.05) is 18.5 Å². The number of nitrogens with zero attached hydrogens (tertiary/aromatic N) is 1.